The summed E-state index contributed by atoms with van der Waals surface area (Å²) in [6, 6.07) is 2.20. The van der Waals surface area contributed by atoms with E-state index in [0.717, 1.165) is 31.1 Å². The number of thioether (sulfide) groups is 1. The fourth-order valence-corrected chi connectivity index (χ4v) is 4.03. The standard InChI is InChI=1S/C11H14N2OS2.ClH/c14-11(9-6-15-7-12-9)13-3-1-10-8(5-13)2-4-16-10;/h2,4,9,12H,1,3,5-7H2;1H. The number of nitrogens with one attached hydrogen (secondary N) is 1. The van der Waals surface area contributed by atoms with Crippen molar-refractivity contribution >= 4 is 41.4 Å². The lowest BCUT2D eigenvalue weighted by molar-refractivity contribution is -0.133. The molecule has 2 aliphatic heterocycles. The molecule has 2 aliphatic rings. The van der Waals surface area contributed by atoms with Gasteiger partial charge in [0.05, 0.1) is 6.04 Å². The van der Waals surface area contributed by atoms with Gasteiger partial charge >= 0.3 is 0 Å². The van der Waals surface area contributed by atoms with Crippen LogP contribution in [0.5, 0.6) is 0 Å². The SMILES string of the molecule is Cl.O=C(C1CSCN1)N1CCc2sccc2C1. The summed E-state index contributed by atoms with van der Waals surface area (Å²) < 4.78 is 0. The van der Waals surface area contributed by atoms with E-state index >= 15 is 0 Å². The van der Waals surface area contributed by atoms with Gasteiger partial charge in [-0.2, -0.15) is 0 Å². The van der Waals surface area contributed by atoms with Crippen LogP contribution in [0, 0.1) is 0 Å². The van der Waals surface area contributed by atoms with Gasteiger partial charge in [0.2, 0.25) is 5.91 Å². The zero-order valence-electron chi connectivity index (χ0n) is 9.35. The Bertz CT molecular complexity index is 404. The number of fused-ring (bicyclic) bond motifs is 1. The van der Waals surface area contributed by atoms with Crippen molar-refractivity contribution in [2.24, 2.45) is 0 Å². The molecule has 1 saturated heterocycles. The molecule has 1 aromatic heterocycles. The molecule has 1 amide bonds. The van der Waals surface area contributed by atoms with Gasteiger partial charge in [-0.05, 0) is 23.4 Å². The van der Waals surface area contributed by atoms with E-state index in [9.17, 15) is 4.79 Å². The number of hydrogen-bond acceptors (Lipinski definition) is 4. The quantitative estimate of drug-likeness (QED) is 0.855. The highest BCUT2D eigenvalue weighted by molar-refractivity contribution is 7.99. The van der Waals surface area contributed by atoms with Crippen LogP contribution in [0.25, 0.3) is 0 Å². The van der Waals surface area contributed by atoms with Crippen LogP contribution >= 0.6 is 35.5 Å². The van der Waals surface area contributed by atoms with Crippen LogP contribution in [-0.2, 0) is 17.8 Å². The van der Waals surface area contributed by atoms with Crippen LogP contribution in [0.4, 0.5) is 0 Å². The highest BCUT2D eigenvalue weighted by Crippen LogP contribution is 2.25. The minimum atomic E-state index is 0. The maximum Gasteiger partial charge on any atom is 0.240 e. The van der Waals surface area contributed by atoms with Crippen LogP contribution in [-0.4, -0.2) is 35.0 Å². The zero-order valence-corrected chi connectivity index (χ0v) is 11.8. The van der Waals surface area contributed by atoms with Gasteiger partial charge in [-0.25, -0.2) is 0 Å². The molecule has 3 heterocycles. The topological polar surface area (TPSA) is 32.3 Å². The van der Waals surface area contributed by atoms with Crippen molar-refractivity contribution in [3.63, 3.8) is 0 Å². The van der Waals surface area contributed by atoms with E-state index in [4.69, 9.17) is 0 Å². The molecule has 1 fully saturated rings. The fraction of sp³-hybridized carbons (Fsp3) is 0.545. The predicted octanol–water partition coefficient (Wildman–Crippen LogP) is 1.72. The predicted molar refractivity (Wildman–Crippen MR) is 74.9 cm³/mol. The van der Waals surface area contributed by atoms with Gasteiger partial charge in [0, 0.05) is 29.6 Å². The Morgan fingerprint density at radius 3 is 3.18 bits per heavy atom. The van der Waals surface area contributed by atoms with Crippen LogP contribution in [0.3, 0.4) is 0 Å². The Labute approximate surface area is 115 Å². The molecule has 1 N–H and O–H groups in total. The number of hydrogen-bond donors (Lipinski definition) is 1. The smallest absolute Gasteiger partial charge is 0.240 e. The summed E-state index contributed by atoms with van der Waals surface area (Å²) in [5, 5.41) is 5.37. The van der Waals surface area contributed by atoms with E-state index in [1.165, 1.54) is 10.4 Å². The van der Waals surface area contributed by atoms with E-state index in [2.05, 4.69) is 16.8 Å². The molecule has 17 heavy (non-hydrogen) atoms. The van der Waals surface area contributed by atoms with Gasteiger partial charge in [0.15, 0.2) is 0 Å². The molecule has 0 radical (unpaired) electrons. The molecule has 1 aromatic rings. The highest BCUT2D eigenvalue weighted by Gasteiger charge is 2.29. The molecule has 3 nitrogen and oxygen atoms in total. The minimum Gasteiger partial charge on any atom is -0.337 e. The number of amides is 1. The van der Waals surface area contributed by atoms with Gasteiger partial charge in [0.25, 0.3) is 0 Å². The Kier molecular flexibility index (Phi) is 4.36. The maximum atomic E-state index is 12.2. The van der Waals surface area contributed by atoms with E-state index in [1.807, 2.05) is 16.2 Å². The van der Waals surface area contributed by atoms with Gasteiger partial charge < -0.3 is 4.90 Å². The zero-order chi connectivity index (χ0) is 11.0. The first-order valence-corrected chi connectivity index (χ1v) is 7.53. The van der Waals surface area contributed by atoms with Gasteiger partial charge in [-0.1, -0.05) is 0 Å². The molecule has 1 atom stereocenters. The molecule has 0 saturated carbocycles. The highest BCUT2D eigenvalue weighted by atomic mass is 35.5. The van der Waals surface area contributed by atoms with E-state index < -0.39 is 0 Å². The second kappa shape index (κ2) is 5.61. The first kappa shape index (κ1) is 13.2. The lowest BCUT2D eigenvalue weighted by atomic mass is 10.1. The summed E-state index contributed by atoms with van der Waals surface area (Å²) >= 11 is 3.62. The molecule has 1 unspecified atom stereocenters. The monoisotopic (exact) mass is 290 g/mol. The molecule has 3 rings (SSSR count). The average molecular weight is 291 g/mol. The Hall–Kier alpha value is -0.230. The van der Waals surface area contributed by atoms with E-state index in [-0.39, 0.29) is 24.4 Å². The Morgan fingerprint density at radius 1 is 1.53 bits per heavy atom. The summed E-state index contributed by atoms with van der Waals surface area (Å²) in [6.45, 7) is 1.69. The van der Waals surface area contributed by atoms with Crippen LogP contribution in [0.1, 0.15) is 10.4 Å². The Morgan fingerprint density at radius 2 is 2.41 bits per heavy atom. The average Bonchev–Trinajstić information content (AvgIpc) is 2.98. The summed E-state index contributed by atoms with van der Waals surface area (Å²) in [4.78, 5) is 15.6. The van der Waals surface area contributed by atoms with Crippen molar-refractivity contribution in [2.45, 2.75) is 19.0 Å². The molecular formula is C11H15ClN2OS2. The van der Waals surface area contributed by atoms with Crippen molar-refractivity contribution in [2.75, 3.05) is 18.2 Å². The van der Waals surface area contributed by atoms with Crippen LogP contribution in [0.15, 0.2) is 11.4 Å². The van der Waals surface area contributed by atoms with Crippen molar-refractivity contribution in [1.82, 2.24) is 10.2 Å². The number of thiophene rings is 1. The van der Waals surface area contributed by atoms with Crippen LogP contribution in [0.2, 0.25) is 0 Å². The van der Waals surface area contributed by atoms with Crippen molar-refractivity contribution in [1.29, 1.82) is 0 Å². The normalized spacial score (nSPS) is 23.1. The lowest BCUT2D eigenvalue weighted by Gasteiger charge is -2.29. The first-order chi connectivity index (χ1) is 7.84. The largest absolute Gasteiger partial charge is 0.337 e. The third kappa shape index (κ3) is 2.62. The fourth-order valence-electron chi connectivity index (χ4n) is 2.21. The van der Waals surface area contributed by atoms with E-state index in [0.29, 0.717) is 0 Å². The van der Waals surface area contributed by atoms with Gasteiger partial charge in [-0.15, -0.1) is 35.5 Å². The molecule has 6 heteroatoms. The van der Waals surface area contributed by atoms with Gasteiger partial charge in [-0.3, -0.25) is 10.1 Å². The number of nitrogens with zero attached hydrogens (tertiary/aromatic N) is 1. The summed E-state index contributed by atoms with van der Waals surface area (Å²) in [7, 11) is 0. The molecule has 0 aliphatic carbocycles. The molecule has 94 valence electrons. The minimum absolute atomic E-state index is 0. The molecule has 0 aromatic carbocycles. The molecule has 0 bridgehead atoms. The third-order valence-corrected chi connectivity index (χ3v) is 5.10. The molecule has 0 spiro atoms. The summed E-state index contributed by atoms with van der Waals surface area (Å²) in [5.41, 5.74) is 1.34. The summed E-state index contributed by atoms with van der Waals surface area (Å²) in [5.74, 6) is 2.11. The summed E-state index contributed by atoms with van der Waals surface area (Å²) in [6.07, 6.45) is 1.03. The second-order valence-electron chi connectivity index (χ2n) is 4.15. The second-order valence-corrected chi connectivity index (χ2v) is 6.18. The molecular weight excluding hydrogens is 276 g/mol. The lowest BCUT2D eigenvalue weighted by Crippen LogP contribution is -2.46. The maximum absolute atomic E-state index is 12.2. The van der Waals surface area contributed by atoms with Crippen molar-refractivity contribution in [3.05, 3.63) is 21.9 Å². The Balaban J connectivity index is 0.00000108. The number of halogens is 1. The van der Waals surface area contributed by atoms with Crippen molar-refractivity contribution in [3.8, 4) is 0 Å². The number of carbonyl (C=O) groups is 1. The third-order valence-electron chi connectivity index (χ3n) is 3.13. The van der Waals surface area contributed by atoms with Crippen LogP contribution < -0.4 is 5.32 Å². The van der Waals surface area contributed by atoms with E-state index in [1.54, 1.807) is 11.8 Å². The van der Waals surface area contributed by atoms with Crippen molar-refractivity contribution < 1.29 is 4.79 Å². The number of carbonyl (C=O) groups excluding carboxylic acids is 1. The van der Waals surface area contributed by atoms with Gasteiger partial charge in [0.1, 0.15) is 0 Å². The number of rotatable bonds is 1. The first-order valence-electron chi connectivity index (χ1n) is 5.50.